The van der Waals surface area contributed by atoms with Crippen LogP contribution in [0.4, 0.5) is 0 Å². The van der Waals surface area contributed by atoms with Crippen LogP contribution in [0.3, 0.4) is 0 Å². The fourth-order valence-electron chi connectivity index (χ4n) is 2.15. The average molecular weight is 294 g/mol. The van der Waals surface area contributed by atoms with Gasteiger partial charge < -0.3 is 19.3 Å². The van der Waals surface area contributed by atoms with Crippen LogP contribution in [0, 0.1) is 6.92 Å². The highest BCUT2D eigenvalue weighted by atomic mass is 32.1. The minimum absolute atomic E-state index is 0.487. The molecular weight excluding hydrogens is 276 g/mol. The molecule has 0 fully saturated rings. The van der Waals surface area contributed by atoms with E-state index >= 15 is 0 Å². The van der Waals surface area contributed by atoms with Crippen LogP contribution in [0.25, 0.3) is 0 Å². The number of methoxy groups -OCH3 is 3. The summed E-state index contributed by atoms with van der Waals surface area (Å²) in [6, 6.07) is 5.54. The highest BCUT2D eigenvalue weighted by Crippen LogP contribution is 2.44. The van der Waals surface area contributed by atoms with Crippen molar-refractivity contribution in [3.8, 4) is 17.2 Å². The zero-order chi connectivity index (χ0) is 14.7. The van der Waals surface area contributed by atoms with Gasteiger partial charge in [-0.2, -0.15) is 0 Å². The van der Waals surface area contributed by atoms with E-state index in [4.69, 9.17) is 14.2 Å². The number of ether oxygens (including phenoxy) is 3. The van der Waals surface area contributed by atoms with Gasteiger partial charge in [0.2, 0.25) is 5.75 Å². The summed E-state index contributed by atoms with van der Waals surface area (Å²) in [5.74, 6) is 1.55. The molecule has 1 unspecified atom stereocenters. The minimum Gasteiger partial charge on any atom is -0.493 e. The van der Waals surface area contributed by atoms with Gasteiger partial charge in [0, 0.05) is 10.4 Å². The summed E-state index contributed by atoms with van der Waals surface area (Å²) in [5.41, 5.74) is 1.72. The fraction of sp³-hybridized carbons (Fsp3) is 0.333. The molecule has 0 saturated carbocycles. The second-order valence-corrected chi connectivity index (χ2v) is 5.24. The molecule has 0 amide bonds. The summed E-state index contributed by atoms with van der Waals surface area (Å²) in [4.78, 5) is 0.899. The van der Waals surface area contributed by atoms with Crippen molar-refractivity contribution in [2.45, 2.75) is 13.0 Å². The maximum Gasteiger partial charge on any atom is 0.203 e. The summed E-state index contributed by atoms with van der Waals surface area (Å²) in [6.07, 6.45) is -0.746. The van der Waals surface area contributed by atoms with Gasteiger partial charge in [-0.3, -0.25) is 0 Å². The van der Waals surface area contributed by atoms with Crippen LogP contribution in [0.1, 0.15) is 22.1 Å². The first kappa shape index (κ1) is 14.7. The Morgan fingerprint density at radius 3 is 2.20 bits per heavy atom. The van der Waals surface area contributed by atoms with E-state index in [0.717, 1.165) is 10.4 Å². The van der Waals surface area contributed by atoms with E-state index in [2.05, 4.69) is 0 Å². The Morgan fingerprint density at radius 2 is 1.70 bits per heavy atom. The quantitative estimate of drug-likeness (QED) is 0.920. The molecule has 0 spiro atoms. The standard InChI is InChI=1S/C15H18O4S/c1-9-7-8-20-15(9)12(16)10-5-6-11(17-2)14(19-4)13(10)18-3/h5-8,12,16H,1-4H3. The Balaban J connectivity index is 2.54. The predicted molar refractivity (Wildman–Crippen MR) is 79.2 cm³/mol. The Hall–Kier alpha value is -1.72. The first-order valence-electron chi connectivity index (χ1n) is 6.15. The molecule has 1 heterocycles. The summed E-state index contributed by atoms with van der Waals surface area (Å²) in [6.45, 7) is 1.97. The number of hydrogen-bond donors (Lipinski definition) is 1. The molecular formula is C15H18O4S. The normalized spacial score (nSPS) is 12.1. The lowest BCUT2D eigenvalue weighted by Gasteiger charge is -2.19. The topological polar surface area (TPSA) is 47.9 Å². The number of thiophene rings is 1. The third-order valence-electron chi connectivity index (χ3n) is 3.18. The van der Waals surface area contributed by atoms with E-state index in [0.29, 0.717) is 22.8 Å². The molecule has 1 atom stereocenters. The van der Waals surface area contributed by atoms with Gasteiger partial charge >= 0.3 is 0 Å². The van der Waals surface area contributed by atoms with E-state index in [1.54, 1.807) is 33.5 Å². The van der Waals surface area contributed by atoms with Gasteiger partial charge in [-0.15, -0.1) is 11.3 Å². The van der Waals surface area contributed by atoms with Crippen molar-refractivity contribution >= 4 is 11.3 Å². The molecule has 20 heavy (non-hydrogen) atoms. The first-order valence-corrected chi connectivity index (χ1v) is 7.02. The van der Waals surface area contributed by atoms with Crippen molar-refractivity contribution < 1.29 is 19.3 Å². The monoisotopic (exact) mass is 294 g/mol. The molecule has 0 aliphatic carbocycles. The second-order valence-electron chi connectivity index (χ2n) is 4.29. The van der Waals surface area contributed by atoms with Gasteiger partial charge in [0.25, 0.3) is 0 Å². The third kappa shape index (κ3) is 2.46. The summed E-state index contributed by atoms with van der Waals surface area (Å²) >= 11 is 1.52. The van der Waals surface area contributed by atoms with Gasteiger partial charge in [0.1, 0.15) is 6.10 Å². The largest absolute Gasteiger partial charge is 0.493 e. The van der Waals surface area contributed by atoms with Gasteiger partial charge in [0.05, 0.1) is 21.3 Å². The molecule has 0 radical (unpaired) electrons. The summed E-state index contributed by atoms with van der Waals surface area (Å²) < 4.78 is 16.0. The van der Waals surface area contributed by atoms with E-state index in [-0.39, 0.29) is 0 Å². The maximum atomic E-state index is 10.6. The molecule has 2 aromatic rings. The third-order valence-corrected chi connectivity index (χ3v) is 4.25. The molecule has 1 aromatic carbocycles. The Morgan fingerprint density at radius 1 is 1.00 bits per heavy atom. The van der Waals surface area contributed by atoms with Crippen LogP contribution < -0.4 is 14.2 Å². The number of aliphatic hydroxyl groups is 1. The highest BCUT2D eigenvalue weighted by Gasteiger charge is 2.23. The molecule has 1 N–H and O–H groups in total. The predicted octanol–water partition coefficient (Wildman–Crippen LogP) is 3.16. The zero-order valence-corrected chi connectivity index (χ0v) is 12.8. The molecule has 0 aliphatic heterocycles. The number of hydrogen-bond acceptors (Lipinski definition) is 5. The molecule has 108 valence electrons. The van der Waals surface area contributed by atoms with Crippen LogP contribution in [0.5, 0.6) is 17.2 Å². The molecule has 0 bridgehead atoms. The van der Waals surface area contributed by atoms with E-state index < -0.39 is 6.10 Å². The van der Waals surface area contributed by atoms with Crippen molar-refractivity contribution in [2.24, 2.45) is 0 Å². The number of benzene rings is 1. The van der Waals surface area contributed by atoms with E-state index in [9.17, 15) is 5.11 Å². The Labute approximate surface area is 122 Å². The van der Waals surface area contributed by atoms with Crippen molar-refractivity contribution in [3.05, 3.63) is 39.6 Å². The van der Waals surface area contributed by atoms with Gasteiger partial charge in [-0.25, -0.2) is 0 Å². The van der Waals surface area contributed by atoms with Gasteiger partial charge in [-0.1, -0.05) is 0 Å². The van der Waals surface area contributed by atoms with Crippen molar-refractivity contribution in [3.63, 3.8) is 0 Å². The lowest BCUT2D eigenvalue weighted by atomic mass is 10.0. The van der Waals surface area contributed by atoms with Crippen molar-refractivity contribution in [1.82, 2.24) is 0 Å². The fourth-order valence-corrected chi connectivity index (χ4v) is 3.07. The minimum atomic E-state index is -0.746. The zero-order valence-electron chi connectivity index (χ0n) is 12.0. The summed E-state index contributed by atoms with van der Waals surface area (Å²) in [7, 11) is 4.67. The molecule has 2 rings (SSSR count). The van der Waals surface area contributed by atoms with Crippen LogP contribution in [-0.2, 0) is 0 Å². The van der Waals surface area contributed by atoms with Crippen LogP contribution >= 0.6 is 11.3 Å². The molecule has 1 aromatic heterocycles. The molecule has 0 saturated heterocycles. The van der Waals surface area contributed by atoms with Crippen LogP contribution in [-0.4, -0.2) is 26.4 Å². The molecule has 0 aliphatic rings. The highest BCUT2D eigenvalue weighted by molar-refractivity contribution is 7.10. The van der Waals surface area contributed by atoms with E-state index in [1.807, 2.05) is 18.4 Å². The second kappa shape index (κ2) is 6.15. The number of rotatable bonds is 5. The Bertz CT molecular complexity index is 592. The van der Waals surface area contributed by atoms with Gasteiger partial charge in [-0.05, 0) is 36.1 Å². The lowest BCUT2D eigenvalue weighted by molar-refractivity contribution is 0.215. The molecule has 4 nitrogen and oxygen atoms in total. The Kier molecular flexibility index (Phi) is 4.52. The summed E-state index contributed by atoms with van der Waals surface area (Å²) in [5, 5.41) is 12.6. The van der Waals surface area contributed by atoms with Crippen molar-refractivity contribution in [1.29, 1.82) is 0 Å². The van der Waals surface area contributed by atoms with E-state index in [1.165, 1.54) is 11.3 Å². The van der Waals surface area contributed by atoms with Crippen LogP contribution in [0.2, 0.25) is 0 Å². The van der Waals surface area contributed by atoms with Crippen molar-refractivity contribution in [2.75, 3.05) is 21.3 Å². The number of aryl methyl sites for hydroxylation is 1. The first-order chi connectivity index (χ1) is 9.63. The van der Waals surface area contributed by atoms with Crippen LogP contribution in [0.15, 0.2) is 23.6 Å². The SMILES string of the molecule is COc1ccc(C(O)c2sccc2C)c(OC)c1OC. The maximum absolute atomic E-state index is 10.6. The van der Waals surface area contributed by atoms with Gasteiger partial charge in [0.15, 0.2) is 11.5 Å². The lowest BCUT2D eigenvalue weighted by Crippen LogP contribution is -2.04. The molecule has 5 heteroatoms. The average Bonchev–Trinajstić information content (AvgIpc) is 2.90. The number of aliphatic hydroxyl groups excluding tert-OH is 1. The smallest absolute Gasteiger partial charge is 0.203 e.